The Morgan fingerprint density at radius 3 is 2.29 bits per heavy atom. The minimum atomic E-state index is -0.0138. The van der Waals surface area contributed by atoms with Crippen molar-refractivity contribution in [2.24, 2.45) is 0 Å². The third-order valence-electron chi connectivity index (χ3n) is 6.68. The van der Waals surface area contributed by atoms with Crippen LogP contribution in [0, 0.1) is 0 Å². The predicted molar refractivity (Wildman–Crippen MR) is 102 cm³/mol. The maximum atomic E-state index is 6.69. The first-order valence-corrected chi connectivity index (χ1v) is 9.60. The summed E-state index contributed by atoms with van der Waals surface area (Å²) in [5.74, 6) is 0. The highest BCUT2D eigenvalue weighted by Crippen LogP contribution is 2.66. The van der Waals surface area contributed by atoms with Crippen molar-refractivity contribution >= 4 is 22.7 Å². The molecule has 1 heteroatoms. The molecule has 0 N–H and O–H groups in total. The standard InChI is InChI=1S/C23H23Cl/c1-22(2)19-16(10-8-12-18(19)24)21-20(22)15-9-4-5-11-17(15)23(21)13-6-3-7-14-23/h4-5,8-12H,3,6-7,13-14H2,1-2H3. The van der Waals surface area contributed by atoms with Gasteiger partial charge >= 0.3 is 0 Å². The first kappa shape index (κ1) is 14.8. The molecule has 3 aliphatic rings. The minimum Gasteiger partial charge on any atom is -0.0840 e. The highest BCUT2D eigenvalue weighted by molar-refractivity contribution is 6.32. The quantitative estimate of drug-likeness (QED) is 0.499. The number of halogens is 1. The molecule has 0 amide bonds. The molecule has 0 saturated heterocycles. The minimum absolute atomic E-state index is 0.0138. The van der Waals surface area contributed by atoms with E-state index >= 15 is 0 Å². The van der Waals surface area contributed by atoms with Crippen molar-refractivity contribution < 1.29 is 0 Å². The fourth-order valence-electron chi connectivity index (χ4n) is 5.84. The predicted octanol–water partition coefficient (Wildman–Crippen LogP) is 6.76. The molecule has 24 heavy (non-hydrogen) atoms. The van der Waals surface area contributed by atoms with E-state index in [9.17, 15) is 0 Å². The van der Waals surface area contributed by atoms with Crippen LogP contribution in [0.15, 0.2) is 42.5 Å². The normalized spacial score (nSPS) is 22.5. The summed E-state index contributed by atoms with van der Waals surface area (Å²) in [4.78, 5) is 0. The molecule has 2 aromatic rings. The van der Waals surface area contributed by atoms with Gasteiger partial charge in [0, 0.05) is 15.9 Å². The van der Waals surface area contributed by atoms with Gasteiger partial charge in [-0.1, -0.05) is 81.1 Å². The van der Waals surface area contributed by atoms with Gasteiger partial charge < -0.3 is 0 Å². The highest BCUT2D eigenvalue weighted by Gasteiger charge is 2.53. The van der Waals surface area contributed by atoms with E-state index in [1.165, 1.54) is 48.8 Å². The van der Waals surface area contributed by atoms with E-state index in [2.05, 4.69) is 56.3 Å². The number of fused-ring (bicyclic) bond motifs is 6. The average Bonchev–Trinajstić information content (AvgIpc) is 3.00. The summed E-state index contributed by atoms with van der Waals surface area (Å²) in [6.45, 7) is 4.72. The molecule has 3 aliphatic carbocycles. The van der Waals surface area contributed by atoms with Crippen LogP contribution in [0.1, 0.15) is 68.2 Å². The van der Waals surface area contributed by atoms with Crippen molar-refractivity contribution in [3.63, 3.8) is 0 Å². The van der Waals surface area contributed by atoms with Gasteiger partial charge in [0.25, 0.3) is 0 Å². The van der Waals surface area contributed by atoms with Gasteiger partial charge in [0.2, 0.25) is 0 Å². The molecular formula is C23H23Cl. The van der Waals surface area contributed by atoms with Gasteiger partial charge in [-0.3, -0.25) is 0 Å². The molecule has 1 fully saturated rings. The van der Waals surface area contributed by atoms with Crippen LogP contribution < -0.4 is 0 Å². The van der Waals surface area contributed by atoms with Gasteiger partial charge in [-0.15, -0.1) is 0 Å². The van der Waals surface area contributed by atoms with Gasteiger partial charge in [0.15, 0.2) is 0 Å². The van der Waals surface area contributed by atoms with Crippen LogP contribution in [0.5, 0.6) is 0 Å². The van der Waals surface area contributed by atoms with Crippen molar-refractivity contribution in [1.82, 2.24) is 0 Å². The molecule has 1 spiro atoms. The summed E-state index contributed by atoms with van der Waals surface area (Å²) in [6, 6.07) is 15.7. The molecule has 1 saturated carbocycles. The topological polar surface area (TPSA) is 0 Å². The lowest BCUT2D eigenvalue weighted by Gasteiger charge is -2.38. The van der Waals surface area contributed by atoms with Crippen molar-refractivity contribution in [3.05, 3.63) is 69.7 Å². The average molecular weight is 335 g/mol. The first-order chi connectivity index (χ1) is 11.6. The fraction of sp³-hybridized carbons (Fsp3) is 0.391. The Morgan fingerprint density at radius 2 is 1.50 bits per heavy atom. The zero-order valence-electron chi connectivity index (χ0n) is 14.5. The fourth-order valence-corrected chi connectivity index (χ4v) is 6.25. The van der Waals surface area contributed by atoms with Crippen LogP contribution in [-0.4, -0.2) is 0 Å². The lowest BCUT2D eigenvalue weighted by atomic mass is 9.65. The maximum Gasteiger partial charge on any atom is 0.0452 e. The number of hydrogen-bond acceptors (Lipinski definition) is 0. The van der Waals surface area contributed by atoms with Gasteiger partial charge in [-0.05, 0) is 52.3 Å². The largest absolute Gasteiger partial charge is 0.0840 e. The molecular weight excluding hydrogens is 312 g/mol. The van der Waals surface area contributed by atoms with E-state index in [0.29, 0.717) is 0 Å². The summed E-state index contributed by atoms with van der Waals surface area (Å²) in [7, 11) is 0. The summed E-state index contributed by atoms with van der Waals surface area (Å²) < 4.78 is 0. The van der Waals surface area contributed by atoms with Crippen molar-refractivity contribution in [2.75, 3.05) is 0 Å². The number of benzene rings is 2. The monoisotopic (exact) mass is 334 g/mol. The Morgan fingerprint density at radius 1 is 0.792 bits per heavy atom. The van der Waals surface area contributed by atoms with Gasteiger partial charge in [0.1, 0.15) is 0 Å². The van der Waals surface area contributed by atoms with Gasteiger partial charge in [-0.2, -0.15) is 0 Å². The number of allylic oxidation sites excluding steroid dienone is 2. The van der Waals surface area contributed by atoms with Gasteiger partial charge in [-0.25, -0.2) is 0 Å². The lowest BCUT2D eigenvalue weighted by Crippen LogP contribution is -2.28. The van der Waals surface area contributed by atoms with E-state index in [1.807, 2.05) is 0 Å². The number of rotatable bonds is 0. The third kappa shape index (κ3) is 1.61. The summed E-state index contributed by atoms with van der Waals surface area (Å²) in [5.41, 5.74) is 9.17. The van der Waals surface area contributed by atoms with E-state index in [4.69, 9.17) is 11.6 Å². The molecule has 0 nitrogen and oxygen atoms in total. The van der Waals surface area contributed by atoms with Crippen molar-refractivity contribution in [3.8, 4) is 0 Å². The third-order valence-corrected chi connectivity index (χ3v) is 7.00. The SMILES string of the molecule is CC1(C)C2=C(c3cccc(Cl)c31)C1(CCCCC1)c1ccccc12. The Kier molecular flexibility index (Phi) is 2.93. The highest BCUT2D eigenvalue weighted by atomic mass is 35.5. The second-order valence-electron chi connectivity index (χ2n) is 8.23. The van der Waals surface area contributed by atoms with Gasteiger partial charge in [0.05, 0.1) is 0 Å². The Hall–Kier alpha value is -1.53. The maximum absolute atomic E-state index is 6.69. The van der Waals surface area contributed by atoms with Crippen LogP contribution in [0.25, 0.3) is 11.1 Å². The summed E-state index contributed by atoms with van der Waals surface area (Å²) in [5, 5.41) is 0.926. The Labute approximate surface area is 149 Å². The first-order valence-electron chi connectivity index (χ1n) is 9.22. The molecule has 0 bridgehead atoms. The second-order valence-corrected chi connectivity index (χ2v) is 8.63. The van der Waals surface area contributed by atoms with E-state index in [0.717, 1.165) is 5.02 Å². The molecule has 0 aliphatic heterocycles. The summed E-state index contributed by atoms with van der Waals surface area (Å²) in [6.07, 6.45) is 6.61. The smallest absolute Gasteiger partial charge is 0.0452 e. The Balaban J connectivity index is 1.88. The summed E-state index contributed by atoms with van der Waals surface area (Å²) >= 11 is 6.69. The van der Waals surface area contributed by atoms with Crippen LogP contribution in [0.2, 0.25) is 5.02 Å². The molecule has 0 heterocycles. The van der Waals surface area contributed by atoms with Crippen molar-refractivity contribution in [2.45, 2.75) is 56.8 Å². The molecule has 5 rings (SSSR count). The van der Waals surface area contributed by atoms with Crippen molar-refractivity contribution in [1.29, 1.82) is 0 Å². The molecule has 0 radical (unpaired) electrons. The molecule has 122 valence electrons. The molecule has 2 aromatic carbocycles. The van der Waals surface area contributed by atoms with E-state index in [1.54, 1.807) is 16.7 Å². The van der Waals surface area contributed by atoms with E-state index < -0.39 is 0 Å². The number of hydrogen-bond donors (Lipinski definition) is 0. The lowest BCUT2D eigenvalue weighted by molar-refractivity contribution is 0.372. The zero-order valence-corrected chi connectivity index (χ0v) is 15.2. The van der Waals surface area contributed by atoms with Crippen LogP contribution in [0.4, 0.5) is 0 Å². The molecule has 0 atom stereocenters. The Bertz CT molecular complexity index is 879. The van der Waals surface area contributed by atoms with Crippen LogP contribution >= 0.6 is 11.6 Å². The van der Waals surface area contributed by atoms with Crippen LogP contribution in [0.3, 0.4) is 0 Å². The zero-order chi connectivity index (χ0) is 16.5. The van der Waals surface area contributed by atoms with E-state index in [-0.39, 0.29) is 10.8 Å². The molecule has 0 aromatic heterocycles. The molecule has 0 unspecified atom stereocenters. The van der Waals surface area contributed by atoms with Crippen LogP contribution in [-0.2, 0) is 10.8 Å². The second kappa shape index (κ2) is 4.76.